The minimum absolute atomic E-state index is 0.0146. The summed E-state index contributed by atoms with van der Waals surface area (Å²) in [4.78, 5) is 10.6. The molecule has 0 fully saturated rings. The van der Waals surface area contributed by atoms with Crippen molar-refractivity contribution in [3.63, 3.8) is 0 Å². The largest absolute Gasteiger partial charge is 0.481 e. The number of rotatable bonds is 4. The minimum atomic E-state index is -0.899. The van der Waals surface area contributed by atoms with Gasteiger partial charge in [0, 0.05) is 18.2 Å². The van der Waals surface area contributed by atoms with Gasteiger partial charge in [-0.15, -0.1) is 0 Å². The fraction of sp³-hybridized carbons (Fsp3) is 0.286. The summed E-state index contributed by atoms with van der Waals surface area (Å²) >= 11 is 0. The molecule has 0 amide bonds. The van der Waals surface area contributed by atoms with Crippen molar-refractivity contribution >= 4 is 5.97 Å². The summed E-state index contributed by atoms with van der Waals surface area (Å²) < 4.78 is 28.1. The van der Waals surface area contributed by atoms with Gasteiger partial charge in [0.1, 0.15) is 11.5 Å². The Balaban J connectivity index is 2.43. The zero-order valence-corrected chi connectivity index (χ0v) is 11.2. The second kappa shape index (κ2) is 5.40. The average Bonchev–Trinajstić information content (AvgIpc) is 2.62. The molecule has 0 atom stereocenters. The van der Waals surface area contributed by atoms with E-state index in [1.807, 2.05) is 0 Å². The maximum atomic E-state index is 13.8. The highest BCUT2D eigenvalue weighted by molar-refractivity contribution is 5.67. The molecule has 0 bridgehead atoms. The molecule has 1 heterocycles. The molecule has 20 heavy (non-hydrogen) atoms. The van der Waals surface area contributed by atoms with Crippen LogP contribution in [0.15, 0.2) is 18.2 Å². The maximum Gasteiger partial charge on any atom is 0.303 e. The monoisotopic (exact) mass is 280 g/mol. The summed E-state index contributed by atoms with van der Waals surface area (Å²) in [5.41, 5.74) is 2.23. The van der Waals surface area contributed by atoms with Gasteiger partial charge < -0.3 is 5.11 Å². The van der Waals surface area contributed by atoms with E-state index < -0.39 is 17.6 Å². The van der Waals surface area contributed by atoms with E-state index in [0.717, 1.165) is 17.7 Å². The molecule has 0 unspecified atom stereocenters. The number of aryl methyl sites for hydroxylation is 1. The molecule has 0 spiro atoms. The van der Waals surface area contributed by atoms with Crippen LogP contribution in [0.1, 0.15) is 23.4 Å². The van der Waals surface area contributed by atoms with E-state index in [0.29, 0.717) is 17.8 Å². The summed E-state index contributed by atoms with van der Waals surface area (Å²) in [7, 11) is 0. The zero-order valence-electron chi connectivity index (χ0n) is 11.2. The first-order valence-corrected chi connectivity index (χ1v) is 6.12. The van der Waals surface area contributed by atoms with E-state index in [4.69, 9.17) is 5.11 Å². The number of nitrogens with zero attached hydrogens (tertiary/aromatic N) is 2. The second-order valence-corrected chi connectivity index (χ2v) is 4.55. The van der Waals surface area contributed by atoms with Gasteiger partial charge in [0.15, 0.2) is 5.82 Å². The molecule has 0 aliphatic heterocycles. The molecule has 1 aromatic heterocycles. The Hall–Kier alpha value is -2.24. The van der Waals surface area contributed by atoms with Crippen molar-refractivity contribution in [1.29, 1.82) is 0 Å². The number of hydrogen-bond acceptors (Lipinski definition) is 2. The fourth-order valence-electron chi connectivity index (χ4n) is 2.16. The number of carboxylic acids is 1. The lowest BCUT2D eigenvalue weighted by molar-refractivity contribution is -0.136. The Morgan fingerprint density at radius 2 is 2.05 bits per heavy atom. The SMILES string of the molecule is Cc1nn(-c2ccc(F)cc2F)c(C)c1CCC(=O)O. The van der Waals surface area contributed by atoms with Crippen LogP contribution >= 0.6 is 0 Å². The quantitative estimate of drug-likeness (QED) is 0.937. The van der Waals surface area contributed by atoms with Gasteiger partial charge in [-0.25, -0.2) is 13.5 Å². The zero-order chi connectivity index (χ0) is 14.9. The van der Waals surface area contributed by atoms with Crippen LogP contribution in [-0.4, -0.2) is 20.9 Å². The maximum absolute atomic E-state index is 13.8. The van der Waals surface area contributed by atoms with Crippen LogP contribution < -0.4 is 0 Å². The van der Waals surface area contributed by atoms with Gasteiger partial charge in [0.2, 0.25) is 0 Å². The third-order valence-corrected chi connectivity index (χ3v) is 3.17. The highest BCUT2D eigenvalue weighted by Crippen LogP contribution is 2.21. The Kier molecular flexibility index (Phi) is 3.83. The Morgan fingerprint density at radius 3 is 2.65 bits per heavy atom. The predicted molar refractivity (Wildman–Crippen MR) is 68.9 cm³/mol. The topological polar surface area (TPSA) is 55.1 Å². The molecule has 0 saturated heterocycles. The van der Waals surface area contributed by atoms with Crippen LogP contribution in [0.3, 0.4) is 0 Å². The first-order valence-electron chi connectivity index (χ1n) is 6.12. The van der Waals surface area contributed by atoms with Crippen LogP contribution in [-0.2, 0) is 11.2 Å². The van der Waals surface area contributed by atoms with Crippen molar-refractivity contribution in [3.05, 3.63) is 46.8 Å². The smallest absolute Gasteiger partial charge is 0.303 e. The fourth-order valence-corrected chi connectivity index (χ4v) is 2.16. The molecule has 2 aromatic rings. The van der Waals surface area contributed by atoms with Crippen molar-refractivity contribution in [3.8, 4) is 5.69 Å². The molecule has 1 aromatic carbocycles. The third-order valence-electron chi connectivity index (χ3n) is 3.17. The van der Waals surface area contributed by atoms with E-state index in [1.165, 1.54) is 10.7 Å². The number of halogens is 2. The van der Waals surface area contributed by atoms with Gasteiger partial charge >= 0.3 is 5.97 Å². The number of carbonyl (C=O) groups is 1. The average molecular weight is 280 g/mol. The molecule has 106 valence electrons. The van der Waals surface area contributed by atoms with Crippen LogP contribution in [0.4, 0.5) is 8.78 Å². The molecular formula is C14H14F2N2O2. The molecule has 0 saturated carbocycles. The second-order valence-electron chi connectivity index (χ2n) is 4.55. The van der Waals surface area contributed by atoms with E-state index in [1.54, 1.807) is 13.8 Å². The van der Waals surface area contributed by atoms with Gasteiger partial charge in [-0.1, -0.05) is 0 Å². The van der Waals surface area contributed by atoms with Crippen molar-refractivity contribution in [2.24, 2.45) is 0 Å². The molecular weight excluding hydrogens is 266 g/mol. The lowest BCUT2D eigenvalue weighted by Gasteiger charge is -2.06. The first-order chi connectivity index (χ1) is 9.40. The lowest BCUT2D eigenvalue weighted by Crippen LogP contribution is -2.03. The Morgan fingerprint density at radius 1 is 1.35 bits per heavy atom. The van der Waals surface area contributed by atoms with Gasteiger partial charge in [0.25, 0.3) is 0 Å². The van der Waals surface area contributed by atoms with Crippen LogP contribution in [0.25, 0.3) is 5.69 Å². The van der Waals surface area contributed by atoms with Crippen LogP contribution in [0, 0.1) is 25.5 Å². The number of aliphatic carboxylic acids is 1. The molecule has 4 nitrogen and oxygen atoms in total. The predicted octanol–water partition coefficient (Wildman–Crippen LogP) is 2.78. The summed E-state index contributed by atoms with van der Waals surface area (Å²) in [5, 5.41) is 12.9. The molecule has 0 aliphatic carbocycles. The Labute approximate surface area is 114 Å². The van der Waals surface area contributed by atoms with Crippen molar-refractivity contribution in [1.82, 2.24) is 9.78 Å². The van der Waals surface area contributed by atoms with Crippen LogP contribution in [0.2, 0.25) is 0 Å². The number of carboxylic acid groups (broad SMARTS) is 1. The van der Waals surface area contributed by atoms with Crippen molar-refractivity contribution < 1.29 is 18.7 Å². The molecule has 1 N–H and O–H groups in total. The highest BCUT2D eigenvalue weighted by Gasteiger charge is 2.16. The van der Waals surface area contributed by atoms with Gasteiger partial charge in [0.05, 0.1) is 5.69 Å². The number of hydrogen-bond donors (Lipinski definition) is 1. The number of benzene rings is 1. The third kappa shape index (κ3) is 2.68. The number of aromatic nitrogens is 2. The molecule has 6 heteroatoms. The van der Waals surface area contributed by atoms with Crippen molar-refractivity contribution in [2.45, 2.75) is 26.7 Å². The first kappa shape index (κ1) is 14.2. The summed E-state index contributed by atoms with van der Waals surface area (Å²) in [6, 6.07) is 3.26. The normalized spacial score (nSPS) is 10.8. The van der Waals surface area contributed by atoms with Gasteiger partial charge in [-0.05, 0) is 38.0 Å². The van der Waals surface area contributed by atoms with Crippen molar-refractivity contribution in [2.75, 3.05) is 0 Å². The standard InChI is InChI=1S/C14H14F2N2O2/c1-8-11(4-6-14(19)20)9(2)18(17-8)13-5-3-10(15)7-12(13)16/h3,5,7H,4,6H2,1-2H3,(H,19,20). The van der Waals surface area contributed by atoms with E-state index in [-0.39, 0.29) is 12.1 Å². The summed E-state index contributed by atoms with van der Waals surface area (Å²) in [5.74, 6) is -2.26. The highest BCUT2D eigenvalue weighted by atomic mass is 19.1. The molecule has 0 aliphatic rings. The van der Waals surface area contributed by atoms with E-state index in [9.17, 15) is 13.6 Å². The Bertz CT molecular complexity index is 665. The summed E-state index contributed by atoms with van der Waals surface area (Å²) in [6.45, 7) is 3.47. The van der Waals surface area contributed by atoms with E-state index >= 15 is 0 Å². The molecule has 2 rings (SSSR count). The van der Waals surface area contributed by atoms with Crippen LogP contribution in [0.5, 0.6) is 0 Å². The molecule has 0 radical (unpaired) electrons. The lowest BCUT2D eigenvalue weighted by atomic mass is 10.1. The minimum Gasteiger partial charge on any atom is -0.481 e. The van der Waals surface area contributed by atoms with Gasteiger partial charge in [-0.3, -0.25) is 4.79 Å². The van der Waals surface area contributed by atoms with E-state index in [2.05, 4.69) is 5.10 Å². The summed E-state index contributed by atoms with van der Waals surface area (Å²) in [6.07, 6.45) is 0.315. The van der Waals surface area contributed by atoms with Gasteiger partial charge in [-0.2, -0.15) is 5.10 Å².